The molecule has 0 aliphatic carbocycles. The number of nitrogens with one attached hydrogen (secondary N) is 1. The molecule has 0 amide bonds. The number of likely N-dealkylation sites (N-methyl/N-ethyl adjacent to an activating group) is 1. The van der Waals surface area contributed by atoms with Crippen molar-refractivity contribution in [2.45, 2.75) is 19.4 Å². The lowest BCUT2D eigenvalue weighted by Gasteiger charge is -2.24. The number of hydrogen-bond acceptors (Lipinski definition) is 6. The minimum absolute atomic E-state index is 0.0162. The number of nitrogen functional groups attached to an aromatic ring is 1. The van der Waals surface area contributed by atoms with E-state index in [0.29, 0.717) is 42.1 Å². The number of carbonyl (C=O) groups is 1. The minimum atomic E-state index is -3.50. The number of aryl methyl sites for hydroxylation is 1. The lowest BCUT2D eigenvalue weighted by Crippen LogP contribution is -2.36. The summed E-state index contributed by atoms with van der Waals surface area (Å²) in [7, 11) is 0.256. The Balaban J connectivity index is 2.02. The predicted molar refractivity (Wildman–Crippen MR) is 133 cm³/mol. The summed E-state index contributed by atoms with van der Waals surface area (Å²) in [5, 5.41) is 16.8. The normalized spacial score (nSPS) is 11.8. The van der Waals surface area contributed by atoms with E-state index in [9.17, 15) is 18.3 Å². The molecular weight excluding hydrogens is 456 g/mol. The molecule has 3 aromatic rings. The Labute approximate surface area is 199 Å². The molecule has 0 spiro atoms. The number of rotatable bonds is 11. The second-order valence-corrected chi connectivity index (χ2v) is 10.3. The van der Waals surface area contributed by atoms with E-state index in [1.54, 1.807) is 30.3 Å². The molecule has 1 aromatic heterocycles. The maximum atomic E-state index is 12.4. The van der Waals surface area contributed by atoms with E-state index in [2.05, 4.69) is 0 Å². The minimum Gasteiger partial charge on any atom is -0.481 e. The van der Waals surface area contributed by atoms with Crippen LogP contribution in [0, 0.1) is 5.41 Å². The van der Waals surface area contributed by atoms with Crippen LogP contribution < -0.4 is 10.0 Å². The Morgan fingerprint density at radius 2 is 1.82 bits per heavy atom. The van der Waals surface area contributed by atoms with Gasteiger partial charge in [0.1, 0.15) is 11.7 Å². The van der Waals surface area contributed by atoms with Crippen LogP contribution in [0.25, 0.3) is 11.0 Å². The quantitative estimate of drug-likeness (QED) is 0.276. The van der Waals surface area contributed by atoms with Crippen LogP contribution in [0.4, 0.5) is 5.69 Å². The number of hydrogen-bond donors (Lipinski definition) is 3. The number of nitrogens with two attached hydrogens (primary N) is 1. The molecule has 0 aliphatic rings. The molecule has 0 fully saturated rings. The summed E-state index contributed by atoms with van der Waals surface area (Å²) >= 11 is 0. The topological polar surface area (TPSA) is 146 Å². The van der Waals surface area contributed by atoms with Gasteiger partial charge in [0.25, 0.3) is 0 Å². The third-order valence-corrected chi connectivity index (χ3v) is 6.62. The second-order valence-electron chi connectivity index (χ2n) is 8.42. The van der Waals surface area contributed by atoms with Crippen molar-refractivity contribution < 1.29 is 18.3 Å². The SMILES string of the molecule is CN(C)CCN(c1ccc2c(c1)nc(Cc1ccc(C(=N)N)cc1)n2CCC(=O)O)S(C)(=O)=O. The van der Waals surface area contributed by atoms with Gasteiger partial charge in [-0.3, -0.25) is 14.5 Å². The van der Waals surface area contributed by atoms with Gasteiger partial charge in [0.15, 0.2) is 0 Å². The lowest BCUT2D eigenvalue weighted by atomic mass is 10.1. The van der Waals surface area contributed by atoms with Gasteiger partial charge >= 0.3 is 5.97 Å². The van der Waals surface area contributed by atoms with Crippen LogP contribution in [-0.2, 0) is 27.8 Å². The van der Waals surface area contributed by atoms with Crippen LogP contribution in [0.1, 0.15) is 23.4 Å². The maximum Gasteiger partial charge on any atom is 0.305 e. The average molecular weight is 487 g/mol. The summed E-state index contributed by atoms with van der Waals surface area (Å²) in [6.07, 6.45) is 1.55. The third-order valence-electron chi connectivity index (χ3n) is 5.43. The first kappa shape index (κ1) is 25.2. The van der Waals surface area contributed by atoms with Gasteiger partial charge in [-0.1, -0.05) is 24.3 Å². The van der Waals surface area contributed by atoms with E-state index in [1.165, 1.54) is 10.6 Å². The number of anilines is 1. The van der Waals surface area contributed by atoms with Crippen molar-refractivity contribution in [3.8, 4) is 0 Å². The molecular formula is C23H30N6O4S. The molecule has 0 saturated carbocycles. The van der Waals surface area contributed by atoms with Crippen molar-refractivity contribution in [1.82, 2.24) is 14.5 Å². The molecule has 1 heterocycles. The molecule has 0 unspecified atom stereocenters. The summed E-state index contributed by atoms with van der Waals surface area (Å²) in [6, 6.07) is 12.5. The molecule has 0 bridgehead atoms. The third kappa shape index (κ3) is 6.12. The Morgan fingerprint density at radius 3 is 2.38 bits per heavy atom. The molecule has 2 aromatic carbocycles. The van der Waals surface area contributed by atoms with Gasteiger partial charge in [-0.2, -0.15) is 0 Å². The molecule has 11 heteroatoms. The highest BCUT2D eigenvalue weighted by Crippen LogP contribution is 2.26. The molecule has 4 N–H and O–H groups in total. The average Bonchev–Trinajstić information content (AvgIpc) is 3.07. The summed E-state index contributed by atoms with van der Waals surface area (Å²) in [5.74, 6) is -0.261. The van der Waals surface area contributed by atoms with Gasteiger partial charge in [0.05, 0.1) is 29.4 Å². The zero-order valence-corrected chi connectivity index (χ0v) is 20.3. The smallest absolute Gasteiger partial charge is 0.305 e. The first-order chi connectivity index (χ1) is 16.0. The zero-order valence-electron chi connectivity index (χ0n) is 19.5. The standard InChI is InChI=1S/C23H30N6O4S/c1-27(2)12-13-29(34(3,32)33)18-8-9-20-19(15-18)26-21(28(20)11-10-22(30)31)14-16-4-6-17(7-5-16)23(24)25/h4-9,15H,10-14H2,1-3H3,(H3,24,25)(H,30,31). The van der Waals surface area contributed by atoms with Crippen molar-refractivity contribution >= 4 is 38.5 Å². The van der Waals surface area contributed by atoms with E-state index in [4.69, 9.17) is 16.1 Å². The number of amidine groups is 1. The number of aromatic nitrogens is 2. The number of aliphatic carboxylic acids is 1. The highest BCUT2D eigenvalue weighted by molar-refractivity contribution is 7.92. The van der Waals surface area contributed by atoms with Crippen LogP contribution in [-0.4, -0.2) is 73.2 Å². The Morgan fingerprint density at radius 1 is 1.15 bits per heavy atom. The Kier molecular flexibility index (Phi) is 7.57. The van der Waals surface area contributed by atoms with Gasteiger partial charge in [0, 0.05) is 31.6 Å². The van der Waals surface area contributed by atoms with Gasteiger partial charge < -0.3 is 20.3 Å². The fourth-order valence-electron chi connectivity index (χ4n) is 3.68. The van der Waals surface area contributed by atoms with Gasteiger partial charge in [-0.25, -0.2) is 13.4 Å². The van der Waals surface area contributed by atoms with E-state index < -0.39 is 16.0 Å². The van der Waals surface area contributed by atoms with Crippen molar-refractivity contribution in [2.75, 3.05) is 37.7 Å². The molecule has 10 nitrogen and oxygen atoms in total. The summed E-state index contributed by atoms with van der Waals surface area (Å²) in [6.45, 7) is 1.09. The zero-order chi connectivity index (χ0) is 25.0. The molecule has 0 aliphatic heterocycles. The van der Waals surface area contributed by atoms with E-state index in [-0.39, 0.29) is 18.8 Å². The highest BCUT2D eigenvalue weighted by Gasteiger charge is 2.20. The molecule has 34 heavy (non-hydrogen) atoms. The first-order valence-electron chi connectivity index (χ1n) is 10.7. The maximum absolute atomic E-state index is 12.4. The van der Waals surface area contributed by atoms with Crippen molar-refractivity contribution in [2.24, 2.45) is 5.73 Å². The number of carboxylic acid groups (broad SMARTS) is 1. The molecule has 0 saturated heterocycles. The van der Waals surface area contributed by atoms with Crippen molar-refractivity contribution in [3.63, 3.8) is 0 Å². The van der Waals surface area contributed by atoms with Crippen LogP contribution in [0.15, 0.2) is 42.5 Å². The summed E-state index contributed by atoms with van der Waals surface area (Å²) in [4.78, 5) is 17.9. The number of imidazole rings is 1. The number of carboxylic acids is 1. The molecule has 182 valence electrons. The van der Waals surface area contributed by atoms with Gasteiger partial charge in [-0.15, -0.1) is 0 Å². The molecule has 3 rings (SSSR count). The fraction of sp³-hybridized carbons (Fsp3) is 0.348. The van der Waals surface area contributed by atoms with Gasteiger partial charge in [0.2, 0.25) is 10.0 Å². The Hall–Kier alpha value is -3.44. The largest absolute Gasteiger partial charge is 0.481 e. The van der Waals surface area contributed by atoms with Gasteiger partial charge in [-0.05, 0) is 37.9 Å². The van der Waals surface area contributed by atoms with E-state index in [1.807, 2.05) is 35.7 Å². The van der Waals surface area contributed by atoms with Crippen LogP contribution in [0.3, 0.4) is 0 Å². The summed E-state index contributed by atoms with van der Waals surface area (Å²) in [5.41, 5.74) is 8.92. The number of fused-ring (bicyclic) bond motifs is 1. The van der Waals surface area contributed by atoms with Crippen LogP contribution >= 0.6 is 0 Å². The monoisotopic (exact) mass is 486 g/mol. The van der Waals surface area contributed by atoms with Crippen LogP contribution in [0.5, 0.6) is 0 Å². The van der Waals surface area contributed by atoms with Crippen LogP contribution in [0.2, 0.25) is 0 Å². The van der Waals surface area contributed by atoms with Crippen molar-refractivity contribution in [1.29, 1.82) is 5.41 Å². The number of nitrogens with zero attached hydrogens (tertiary/aromatic N) is 4. The predicted octanol–water partition coefficient (Wildman–Crippen LogP) is 1.71. The number of benzene rings is 2. The lowest BCUT2D eigenvalue weighted by molar-refractivity contribution is -0.137. The molecule has 0 radical (unpaired) electrons. The van der Waals surface area contributed by atoms with E-state index >= 15 is 0 Å². The Bertz CT molecular complexity index is 1300. The highest BCUT2D eigenvalue weighted by atomic mass is 32.2. The number of sulfonamides is 1. The summed E-state index contributed by atoms with van der Waals surface area (Å²) < 4.78 is 28.1. The van der Waals surface area contributed by atoms with E-state index in [0.717, 1.165) is 11.1 Å². The molecule has 0 atom stereocenters. The first-order valence-corrected chi connectivity index (χ1v) is 12.6. The fourth-order valence-corrected chi connectivity index (χ4v) is 4.59. The van der Waals surface area contributed by atoms with Crippen molar-refractivity contribution in [3.05, 3.63) is 59.4 Å². The second kappa shape index (κ2) is 10.2.